The summed E-state index contributed by atoms with van der Waals surface area (Å²) in [6.45, 7) is 3.60. The molecule has 170 valence electrons. The molecule has 3 amide bonds. The zero-order chi connectivity index (χ0) is 23.5. The topological polar surface area (TPSA) is 82.9 Å². The molecule has 0 spiro atoms. The number of hydrogen-bond donors (Lipinski definition) is 1. The molecule has 0 aliphatic carbocycles. The number of carboxylic acid groups (broad SMARTS) is 1. The van der Waals surface area contributed by atoms with Gasteiger partial charge in [0, 0.05) is 36.1 Å². The van der Waals surface area contributed by atoms with Gasteiger partial charge in [-0.3, -0.25) is 14.5 Å². The highest BCUT2D eigenvalue weighted by Crippen LogP contribution is 2.37. The summed E-state index contributed by atoms with van der Waals surface area (Å²) in [5.74, 6) is -1.71. The van der Waals surface area contributed by atoms with Gasteiger partial charge in [-0.2, -0.15) is 0 Å². The Balaban J connectivity index is 1.53. The average molecular weight is 449 g/mol. The number of benzene rings is 2. The number of carbonyl (C=O) groups is 3. The molecule has 2 aromatic carbocycles. The Hall–Kier alpha value is -3.68. The minimum Gasteiger partial charge on any atom is -0.481 e. The average Bonchev–Trinajstić information content (AvgIpc) is 3.21. The first-order valence-corrected chi connectivity index (χ1v) is 10.9. The van der Waals surface area contributed by atoms with Crippen molar-refractivity contribution in [3.8, 4) is 0 Å². The lowest BCUT2D eigenvalue weighted by Crippen LogP contribution is -2.43. The Morgan fingerprint density at radius 2 is 1.82 bits per heavy atom. The van der Waals surface area contributed by atoms with Gasteiger partial charge < -0.3 is 14.6 Å². The van der Waals surface area contributed by atoms with Crippen LogP contribution in [0.15, 0.2) is 48.5 Å². The fourth-order valence-electron chi connectivity index (χ4n) is 4.82. The summed E-state index contributed by atoms with van der Waals surface area (Å²) < 4.78 is 15.5. The second kappa shape index (κ2) is 7.43. The van der Waals surface area contributed by atoms with E-state index in [1.807, 2.05) is 24.3 Å². The van der Waals surface area contributed by atoms with Crippen LogP contribution in [0.1, 0.15) is 30.7 Å². The van der Waals surface area contributed by atoms with Crippen molar-refractivity contribution in [3.05, 3.63) is 71.2 Å². The maximum absolute atomic E-state index is 13.4. The number of rotatable bonds is 5. The predicted molar refractivity (Wildman–Crippen MR) is 119 cm³/mol. The number of hydrogen-bond acceptors (Lipinski definition) is 3. The van der Waals surface area contributed by atoms with Crippen LogP contribution in [-0.2, 0) is 29.1 Å². The minimum absolute atomic E-state index is 0.173. The first-order valence-electron chi connectivity index (χ1n) is 10.9. The smallest absolute Gasteiger partial charge is 0.327 e. The van der Waals surface area contributed by atoms with Crippen molar-refractivity contribution in [1.82, 2.24) is 14.4 Å². The van der Waals surface area contributed by atoms with Gasteiger partial charge in [0.25, 0.3) is 5.91 Å². The van der Waals surface area contributed by atoms with Gasteiger partial charge in [-0.15, -0.1) is 0 Å². The minimum atomic E-state index is -1.24. The van der Waals surface area contributed by atoms with E-state index in [0.717, 1.165) is 32.6 Å². The number of amides is 3. The summed E-state index contributed by atoms with van der Waals surface area (Å²) in [7, 11) is 0. The molecule has 1 atom stereocenters. The van der Waals surface area contributed by atoms with E-state index in [1.54, 1.807) is 17.0 Å². The molecule has 0 saturated carbocycles. The van der Waals surface area contributed by atoms with Crippen LogP contribution < -0.4 is 0 Å². The summed E-state index contributed by atoms with van der Waals surface area (Å²) in [5, 5.41) is 10.5. The Labute approximate surface area is 190 Å². The number of nitrogens with zero attached hydrogens (tertiary/aromatic N) is 3. The highest BCUT2D eigenvalue weighted by atomic mass is 19.1. The maximum Gasteiger partial charge on any atom is 0.327 e. The van der Waals surface area contributed by atoms with E-state index < -0.39 is 23.5 Å². The first-order chi connectivity index (χ1) is 15.7. The van der Waals surface area contributed by atoms with Crippen molar-refractivity contribution in [2.45, 2.75) is 39.4 Å². The molecule has 0 radical (unpaired) electrons. The van der Waals surface area contributed by atoms with Gasteiger partial charge in [-0.05, 0) is 43.2 Å². The molecule has 2 aliphatic heterocycles. The summed E-state index contributed by atoms with van der Waals surface area (Å²) in [6.07, 6.45) is 0.376. The molecule has 1 N–H and O–H groups in total. The molecule has 8 heteroatoms. The number of carboxylic acids is 1. The number of aliphatic carboxylic acids is 1. The molecule has 3 aromatic rings. The number of imide groups is 1. The van der Waals surface area contributed by atoms with Crippen LogP contribution >= 0.6 is 0 Å². The number of fused-ring (bicyclic) bond motifs is 4. The number of carbonyl (C=O) groups excluding carboxylic acids is 2. The molecule has 1 saturated heterocycles. The Morgan fingerprint density at radius 3 is 2.52 bits per heavy atom. The van der Waals surface area contributed by atoms with Crippen molar-refractivity contribution in [2.75, 3.05) is 6.54 Å². The van der Waals surface area contributed by atoms with Crippen LogP contribution in [0.2, 0.25) is 0 Å². The summed E-state index contributed by atoms with van der Waals surface area (Å²) >= 11 is 0. The molecular formula is C25H24FN3O4. The first kappa shape index (κ1) is 21.2. The normalized spacial score (nSPS) is 18.1. The van der Waals surface area contributed by atoms with E-state index in [2.05, 4.69) is 4.57 Å². The zero-order valence-electron chi connectivity index (χ0n) is 18.4. The Kier molecular flexibility index (Phi) is 4.77. The third kappa shape index (κ3) is 3.37. The maximum atomic E-state index is 13.4. The second-order valence-electron chi connectivity index (χ2n) is 9.40. The molecule has 3 heterocycles. The molecule has 1 fully saturated rings. The summed E-state index contributed by atoms with van der Waals surface area (Å²) in [6, 6.07) is 13.1. The van der Waals surface area contributed by atoms with Crippen LogP contribution in [0.25, 0.3) is 10.9 Å². The van der Waals surface area contributed by atoms with E-state index in [-0.39, 0.29) is 24.8 Å². The van der Waals surface area contributed by atoms with Gasteiger partial charge >= 0.3 is 12.0 Å². The third-order valence-corrected chi connectivity index (χ3v) is 6.70. The SMILES string of the molecule is CC(C)(CN1C(=O)C2Cc3c(n(Cc4ccc(F)cc4)c4ccccc34)CN2C1=O)C(=O)O. The van der Waals surface area contributed by atoms with Gasteiger partial charge in [0.05, 0.1) is 12.0 Å². The van der Waals surface area contributed by atoms with E-state index in [4.69, 9.17) is 0 Å². The second-order valence-corrected chi connectivity index (χ2v) is 9.40. The fourth-order valence-corrected chi connectivity index (χ4v) is 4.82. The number of urea groups is 1. The number of para-hydroxylation sites is 1. The van der Waals surface area contributed by atoms with Crippen molar-refractivity contribution in [1.29, 1.82) is 0 Å². The number of aromatic nitrogens is 1. The van der Waals surface area contributed by atoms with Gasteiger partial charge in [0.15, 0.2) is 0 Å². The quantitative estimate of drug-likeness (QED) is 0.603. The lowest BCUT2D eigenvalue weighted by atomic mass is 9.93. The molecular weight excluding hydrogens is 425 g/mol. The highest BCUT2D eigenvalue weighted by Gasteiger charge is 2.50. The van der Waals surface area contributed by atoms with E-state index in [0.29, 0.717) is 13.0 Å². The van der Waals surface area contributed by atoms with Gasteiger partial charge in [0.1, 0.15) is 11.9 Å². The van der Waals surface area contributed by atoms with E-state index in [1.165, 1.54) is 26.0 Å². The van der Waals surface area contributed by atoms with Gasteiger partial charge in [0.2, 0.25) is 0 Å². The molecule has 1 unspecified atom stereocenters. The zero-order valence-corrected chi connectivity index (χ0v) is 18.4. The molecule has 0 bridgehead atoms. The van der Waals surface area contributed by atoms with E-state index >= 15 is 0 Å². The van der Waals surface area contributed by atoms with Crippen LogP contribution in [0.5, 0.6) is 0 Å². The largest absolute Gasteiger partial charge is 0.481 e. The number of halogens is 1. The van der Waals surface area contributed by atoms with Crippen molar-refractivity contribution >= 4 is 28.8 Å². The Morgan fingerprint density at radius 1 is 1.12 bits per heavy atom. The summed E-state index contributed by atoms with van der Waals surface area (Å²) in [4.78, 5) is 40.5. The predicted octanol–water partition coefficient (Wildman–Crippen LogP) is 3.63. The lowest BCUT2D eigenvalue weighted by molar-refractivity contribution is -0.148. The molecule has 2 aliphatic rings. The highest BCUT2D eigenvalue weighted by molar-refractivity contribution is 6.05. The van der Waals surface area contributed by atoms with Crippen molar-refractivity contribution in [3.63, 3.8) is 0 Å². The standard InChI is InChI=1S/C25H24FN3O4/c1-25(2,23(31)32)14-29-22(30)20-11-18-17-5-3-4-6-19(17)27(21(18)13-28(20)24(29)33)12-15-7-9-16(26)10-8-15/h3-10,20H,11-14H2,1-2H3,(H,31,32). The lowest BCUT2D eigenvalue weighted by Gasteiger charge is -2.28. The van der Waals surface area contributed by atoms with Crippen LogP contribution in [0, 0.1) is 11.2 Å². The summed E-state index contributed by atoms with van der Waals surface area (Å²) in [5.41, 5.74) is 2.65. The Bertz CT molecular complexity index is 1290. The third-order valence-electron chi connectivity index (χ3n) is 6.70. The van der Waals surface area contributed by atoms with Crippen LogP contribution in [0.3, 0.4) is 0 Å². The molecule has 33 heavy (non-hydrogen) atoms. The molecule has 5 rings (SSSR count). The molecule has 1 aromatic heterocycles. The van der Waals surface area contributed by atoms with Crippen molar-refractivity contribution < 1.29 is 23.9 Å². The monoisotopic (exact) mass is 449 g/mol. The van der Waals surface area contributed by atoms with E-state index in [9.17, 15) is 23.9 Å². The van der Waals surface area contributed by atoms with Crippen LogP contribution in [0.4, 0.5) is 9.18 Å². The van der Waals surface area contributed by atoms with Crippen molar-refractivity contribution in [2.24, 2.45) is 5.41 Å². The van der Waals surface area contributed by atoms with Gasteiger partial charge in [-0.1, -0.05) is 30.3 Å². The fraction of sp³-hybridized carbons (Fsp3) is 0.320. The molecule has 7 nitrogen and oxygen atoms in total. The van der Waals surface area contributed by atoms with Gasteiger partial charge in [-0.25, -0.2) is 9.18 Å². The van der Waals surface area contributed by atoms with Crippen LogP contribution in [-0.4, -0.2) is 50.0 Å².